The zero-order chi connectivity index (χ0) is 15.1. The minimum atomic E-state index is -0.0298. The summed E-state index contributed by atoms with van der Waals surface area (Å²) in [6, 6.07) is 0. The predicted molar refractivity (Wildman–Crippen MR) is 80.2 cm³/mol. The third kappa shape index (κ3) is 2.74. The fraction of sp³-hybridized carbons (Fsp3) is 0.688. The fourth-order valence-corrected chi connectivity index (χ4v) is 3.02. The zero-order valence-corrected chi connectivity index (χ0v) is 13.0. The maximum Gasteiger partial charge on any atom is 0.254 e. The van der Waals surface area contributed by atoms with Gasteiger partial charge in [-0.25, -0.2) is 4.98 Å². The molecule has 0 saturated heterocycles. The Bertz CT molecular complexity index is 620. The molecule has 1 fully saturated rings. The van der Waals surface area contributed by atoms with Gasteiger partial charge < -0.3 is 9.88 Å². The minimum Gasteiger partial charge on any atom is -0.342 e. The summed E-state index contributed by atoms with van der Waals surface area (Å²) in [4.78, 5) is 34.0. The van der Waals surface area contributed by atoms with Crippen molar-refractivity contribution in [1.29, 1.82) is 0 Å². The highest BCUT2D eigenvalue weighted by Crippen LogP contribution is 2.39. The van der Waals surface area contributed by atoms with E-state index >= 15 is 0 Å². The third-order valence-corrected chi connectivity index (χ3v) is 4.65. The van der Waals surface area contributed by atoms with Gasteiger partial charge in [0.05, 0.1) is 5.69 Å². The molecule has 0 spiro atoms. The molecule has 5 heteroatoms. The normalized spacial score (nSPS) is 24.7. The standard InChI is InChI=1S/C16H23N3O2/c1-9(2)14-17-13-5-7-19(16(21)12-8-10(12)3)6-4-11(13)15(20)18-14/h9-10,12H,4-8H2,1-3H3,(H,17,18,20). The van der Waals surface area contributed by atoms with E-state index in [2.05, 4.69) is 16.9 Å². The number of nitrogens with zero attached hydrogens (tertiary/aromatic N) is 2. The van der Waals surface area contributed by atoms with Crippen LogP contribution in [0.3, 0.4) is 0 Å². The molecule has 0 aromatic carbocycles. The minimum absolute atomic E-state index is 0.0298. The van der Waals surface area contributed by atoms with Crippen LogP contribution in [0.1, 0.15) is 50.2 Å². The molecule has 114 valence electrons. The number of aromatic amines is 1. The van der Waals surface area contributed by atoms with E-state index in [4.69, 9.17) is 0 Å². The van der Waals surface area contributed by atoms with Crippen LogP contribution >= 0.6 is 0 Å². The molecule has 1 aliphatic carbocycles. The lowest BCUT2D eigenvalue weighted by Gasteiger charge is -2.20. The van der Waals surface area contributed by atoms with Crippen LogP contribution in [0.4, 0.5) is 0 Å². The molecule has 1 saturated carbocycles. The van der Waals surface area contributed by atoms with Crippen molar-refractivity contribution >= 4 is 5.91 Å². The van der Waals surface area contributed by atoms with Crippen molar-refractivity contribution < 1.29 is 4.79 Å². The maximum atomic E-state index is 12.4. The SMILES string of the molecule is CC(C)c1nc2c(c(=O)[nH]1)CCN(C(=O)C1CC1C)CC2. The second kappa shape index (κ2) is 5.28. The average Bonchev–Trinajstić information content (AvgIpc) is 3.19. The average molecular weight is 289 g/mol. The Balaban J connectivity index is 1.81. The first-order valence-corrected chi connectivity index (χ1v) is 7.88. The van der Waals surface area contributed by atoms with E-state index in [9.17, 15) is 9.59 Å². The summed E-state index contributed by atoms with van der Waals surface area (Å²) < 4.78 is 0. The van der Waals surface area contributed by atoms with Crippen molar-refractivity contribution in [2.75, 3.05) is 13.1 Å². The second-order valence-corrected chi connectivity index (χ2v) is 6.68. The van der Waals surface area contributed by atoms with Gasteiger partial charge in [-0.15, -0.1) is 0 Å². The fourth-order valence-electron chi connectivity index (χ4n) is 3.02. The highest BCUT2D eigenvalue weighted by Gasteiger charge is 2.41. The van der Waals surface area contributed by atoms with Crippen LogP contribution in [-0.2, 0) is 17.6 Å². The van der Waals surface area contributed by atoms with Gasteiger partial charge in [-0.1, -0.05) is 20.8 Å². The van der Waals surface area contributed by atoms with Gasteiger partial charge in [-0.05, 0) is 18.8 Å². The molecule has 1 amide bonds. The number of carbonyl (C=O) groups excluding carboxylic acids is 1. The van der Waals surface area contributed by atoms with Gasteiger partial charge in [0.2, 0.25) is 5.91 Å². The summed E-state index contributed by atoms with van der Waals surface area (Å²) in [5.41, 5.74) is 1.61. The summed E-state index contributed by atoms with van der Waals surface area (Å²) >= 11 is 0. The van der Waals surface area contributed by atoms with Crippen LogP contribution in [0.25, 0.3) is 0 Å². The van der Waals surface area contributed by atoms with Gasteiger partial charge in [-0.3, -0.25) is 9.59 Å². The number of rotatable bonds is 2. The van der Waals surface area contributed by atoms with Crippen LogP contribution in [0.2, 0.25) is 0 Å². The first-order chi connectivity index (χ1) is 9.97. The molecule has 3 rings (SSSR count). The molecule has 2 heterocycles. The number of hydrogen-bond donors (Lipinski definition) is 1. The maximum absolute atomic E-state index is 12.4. The van der Waals surface area contributed by atoms with Gasteiger partial charge in [0.15, 0.2) is 0 Å². The Labute approximate surface area is 124 Å². The Morgan fingerprint density at radius 3 is 2.62 bits per heavy atom. The van der Waals surface area contributed by atoms with Crippen LogP contribution in [-0.4, -0.2) is 33.9 Å². The molecule has 1 aromatic heterocycles. The van der Waals surface area contributed by atoms with E-state index < -0.39 is 0 Å². The molecular formula is C16H23N3O2. The lowest BCUT2D eigenvalue weighted by Crippen LogP contribution is -2.34. The van der Waals surface area contributed by atoms with E-state index in [1.807, 2.05) is 18.7 Å². The number of carbonyl (C=O) groups is 1. The molecule has 0 radical (unpaired) electrons. The lowest BCUT2D eigenvalue weighted by molar-refractivity contribution is -0.132. The van der Waals surface area contributed by atoms with Crippen molar-refractivity contribution in [3.05, 3.63) is 27.4 Å². The second-order valence-electron chi connectivity index (χ2n) is 6.68. The van der Waals surface area contributed by atoms with E-state index in [0.717, 1.165) is 23.5 Å². The molecule has 21 heavy (non-hydrogen) atoms. The number of aromatic nitrogens is 2. The van der Waals surface area contributed by atoms with Gasteiger partial charge in [0, 0.05) is 36.9 Å². The first-order valence-electron chi connectivity index (χ1n) is 7.88. The number of amides is 1. The first kappa shape index (κ1) is 14.3. The van der Waals surface area contributed by atoms with Gasteiger partial charge >= 0.3 is 0 Å². The van der Waals surface area contributed by atoms with Gasteiger partial charge in [0.25, 0.3) is 5.56 Å². The van der Waals surface area contributed by atoms with Crippen molar-refractivity contribution in [2.45, 2.75) is 46.0 Å². The summed E-state index contributed by atoms with van der Waals surface area (Å²) in [6.07, 6.45) is 2.31. The molecule has 2 unspecified atom stereocenters. The van der Waals surface area contributed by atoms with Crippen LogP contribution in [0, 0.1) is 11.8 Å². The summed E-state index contributed by atoms with van der Waals surface area (Å²) in [7, 11) is 0. The number of H-pyrrole nitrogens is 1. The Morgan fingerprint density at radius 1 is 1.33 bits per heavy atom. The van der Waals surface area contributed by atoms with Gasteiger partial charge in [0.1, 0.15) is 5.82 Å². The zero-order valence-electron chi connectivity index (χ0n) is 13.0. The predicted octanol–water partition coefficient (Wildman–Crippen LogP) is 1.48. The number of fused-ring (bicyclic) bond motifs is 1. The van der Waals surface area contributed by atoms with Crippen LogP contribution in [0.15, 0.2) is 4.79 Å². The van der Waals surface area contributed by atoms with E-state index in [1.54, 1.807) is 0 Å². The molecular weight excluding hydrogens is 266 g/mol. The summed E-state index contributed by atoms with van der Waals surface area (Å²) in [5, 5.41) is 0. The lowest BCUT2D eigenvalue weighted by atomic mass is 10.1. The molecule has 1 aromatic rings. The highest BCUT2D eigenvalue weighted by molar-refractivity contribution is 5.81. The smallest absolute Gasteiger partial charge is 0.254 e. The van der Waals surface area contributed by atoms with E-state index in [1.165, 1.54) is 0 Å². The largest absolute Gasteiger partial charge is 0.342 e. The van der Waals surface area contributed by atoms with E-state index in [0.29, 0.717) is 31.8 Å². The quantitative estimate of drug-likeness (QED) is 0.896. The van der Waals surface area contributed by atoms with Crippen LogP contribution in [0.5, 0.6) is 0 Å². The molecule has 5 nitrogen and oxygen atoms in total. The number of hydrogen-bond acceptors (Lipinski definition) is 3. The summed E-state index contributed by atoms with van der Waals surface area (Å²) in [6.45, 7) is 7.48. The Kier molecular flexibility index (Phi) is 3.59. The summed E-state index contributed by atoms with van der Waals surface area (Å²) in [5.74, 6) is 1.95. The van der Waals surface area contributed by atoms with Crippen molar-refractivity contribution in [3.8, 4) is 0 Å². The number of nitrogens with one attached hydrogen (secondary N) is 1. The topological polar surface area (TPSA) is 66.1 Å². The highest BCUT2D eigenvalue weighted by atomic mass is 16.2. The Hall–Kier alpha value is -1.65. The molecule has 2 aliphatic rings. The third-order valence-electron chi connectivity index (χ3n) is 4.65. The molecule has 0 bridgehead atoms. The van der Waals surface area contributed by atoms with Gasteiger partial charge in [-0.2, -0.15) is 0 Å². The molecule has 1 aliphatic heterocycles. The van der Waals surface area contributed by atoms with Crippen molar-refractivity contribution in [2.24, 2.45) is 11.8 Å². The molecule has 1 N–H and O–H groups in total. The monoisotopic (exact) mass is 289 g/mol. The van der Waals surface area contributed by atoms with Crippen molar-refractivity contribution in [1.82, 2.24) is 14.9 Å². The Morgan fingerprint density at radius 2 is 2.00 bits per heavy atom. The van der Waals surface area contributed by atoms with Crippen LogP contribution < -0.4 is 5.56 Å². The van der Waals surface area contributed by atoms with E-state index in [-0.39, 0.29) is 23.3 Å². The molecule has 2 atom stereocenters. The van der Waals surface area contributed by atoms with Crippen molar-refractivity contribution in [3.63, 3.8) is 0 Å².